The van der Waals surface area contributed by atoms with Gasteiger partial charge in [-0.3, -0.25) is 0 Å². The summed E-state index contributed by atoms with van der Waals surface area (Å²) >= 11 is 5.95. The highest BCUT2D eigenvalue weighted by atomic mass is 35.5. The molecule has 0 radical (unpaired) electrons. The molecule has 18 heavy (non-hydrogen) atoms. The number of nitrogens with zero attached hydrogens (tertiary/aromatic N) is 3. The number of carbonyl (C=O) groups is 1. The topological polar surface area (TPSA) is 68.0 Å². The Morgan fingerprint density at radius 1 is 1.50 bits per heavy atom. The Bertz CT molecular complexity index is 607. The van der Waals surface area contributed by atoms with Crippen molar-refractivity contribution < 1.29 is 9.90 Å². The summed E-state index contributed by atoms with van der Waals surface area (Å²) in [7, 11) is 0. The summed E-state index contributed by atoms with van der Waals surface area (Å²) in [6.07, 6.45) is 0.528. The lowest BCUT2D eigenvalue weighted by atomic mass is 10.2. The van der Waals surface area contributed by atoms with E-state index in [1.54, 1.807) is 12.1 Å². The Labute approximate surface area is 109 Å². The molecule has 6 heteroatoms. The van der Waals surface area contributed by atoms with Gasteiger partial charge in [-0.15, -0.1) is 5.10 Å². The van der Waals surface area contributed by atoms with Crippen molar-refractivity contribution in [3.05, 3.63) is 40.2 Å². The van der Waals surface area contributed by atoms with Crippen molar-refractivity contribution in [3.8, 4) is 5.69 Å². The number of benzene rings is 1. The molecule has 2 aromatic rings. The molecule has 0 amide bonds. The van der Waals surface area contributed by atoms with E-state index in [4.69, 9.17) is 16.7 Å². The summed E-state index contributed by atoms with van der Waals surface area (Å²) in [4.78, 5) is 11.0. The van der Waals surface area contributed by atoms with Crippen molar-refractivity contribution in [2.24, 2.45) is 0 Å². The lowest BCUT2D eigenvalue weighted by Crippen LogP contribution is -2.07. The summed E-state index contributed by atoms with van der Waals surface area (Å²) in [6.45, 7) is 3.77. The Morgan fingerprint density at radius 3 is 2.83 bits per heavy atom. The standard InChI is InChI=1S/C12H12ClN3O2/c1-3-9-11(12(17)18)14-15-16(9)10-6-8(13)5-4-7(10)2/h4-6H,3H2,1-2H3,(H,17,18). The average Bonchev–Trinajstić information content (AvgIpc) is 2.75. The fraction of sp³-hybridized carbons (Fsp3) is 0.250. The van der Waals surface area contributed by atoms with Crippen molar-refractivity contribution in [3.63, 3.8) is 0 Å². The van der Waals surface area contributed by atoms with Crippen molar-refractivity contribution in [1.82, 2.24) is 15.0 Å². The van der Waals surface area contributed by atoms with Gasteiger partial charge in [0, 0.05) is 5.02 Å². The van der Waals surface area contributed by atoms with Gasteiger partial charge in [-0.05, 0) is 31.0 Å². The number of aromatic nitrogens is 3. The maximum Gasteiger partial charge on any atom is 0.358 e. The zero-order valence-corrected chi connectivity index (χ0v) is 10.8. The second-order valence-corrected chi connectivity index (χ2v) is 4.32. The maximum atomic E-state index is 11.0. The molecule has 94 valence electrons. The van der Waals surface area contributed by atoms with E-state index in [1.165, 1.54) is 4.68 Å². The molecular formula is C12H12ClN3O2. The third-order valence-corrected chi connectivity index (χ3v) is 2.94. The van der Waals surface area contributed by atoms with Gasteiger partial charge in [0.2, 0.25) is 0 Å². The smallest absolute Gasteiger partial charge is 0.358 e. The van der Waals surface area contributed by atoms with Gasteiger partial charge in [-0.25, -0.2) is 9.48 Å². The Morgan fingerprint density at radius 2 is 2.22 bits per heavy atom. The van der Waals surface area contributed by atoms with Crippen LogP contribution in [0.1, 0.15) is 28.7 Å². The minimum Gasteiger partial charge on any atom is -0.476 e. The van der Waals surface area contributed by atoms with Crippen LogP contribution in [-0.2, 0) is 6.42 Å². The third-order valence-electron chi connectivity index (χ3n) is 2.70. The van der Waals surface area contributed by atoms with Crippen LogP contribution in [0, 0.1) is 6.92 Å². The van der Waals surface area contributed by atoms with E-state index in [-0.39, 0.29) is 5.69 Å². The quantitative estimate of drug-likeness (QED) is 0.926. The third kappa shape index (κ3) is 2.09. The molecule has 0 saturated heterocycles. The number of carboxylic acids is 1. The minimum absolute atomic E-state index is 0.0168. The van der Waals surface area contributed by atoms with E-state index >= 15 is 0 Å². The number of hydrogen-bond donors (Lipinski definition) is 1. The van der Waals surface area contributed by atoms with Gasteiger partial charge in [-0.1, -0.05) is 29.8 Å². The molecule has 0 fully saturated rings. The lowest BCUT2D eigenvalue weighted by Gasteiger charge is -2.08. The van der Waals surface area contributed by atoms with Gasteiger partial charge < -0.3 is 5.11 Å². The normalized spacial score (nSPS) is 10.6. The number of carboxylic acid groups (broad SMARTS) is 1. The van der Waals surface area contributed by atoms with Crippen LogP contribution >= 0.6 is 11.6 Å². The van der Waals surface area contributed by atoms with Crippen LogP contribution in [0.5, 0.6) is 0 Å². The number of halogens is 1. The first kappa shape index (κ1) is 12.6. The summed E-state index contributed by atoms with van der Waals surface area (Å²) in [6, 6.07) is 5.39. The van der Waals surface area contributed by atoms with Gasteiger partial charge in [0.1, 0.15) is 0 Å². The largest absolute Gasteiger partial charge is 0.476 e. The monoisotopic (exact) mass is 265 g/mol. The molecule has 2 rings (SSSR count). The van der Waals surface area contributed by atoms with Crippen LogP contribution < -0.4 is 0 Å². The van der Waals surface area contributed by atoms with Gasteiger partial charge in [0.05, 0.1) is 11.4 Å². The van der Waals surface area contributed by atoms with Crippen LogP contribution in [0.15, 0.2) is 18.2 Å². The first-order valence-electron chi connectivity index (χ1n) is 5.49. The molecule has 5 nitrogen and oxygen atoms in total. The molecule has 1 aromatic carbocycles. The SMILES string of the molecule is CCc1c(C(=O)O)nnn1-c1cc(Cl)ccc1C. The predicted molar refractivity (Wildman–Crippen MR) is 67.4 cm³/mol. The number of aromatic carboxylic acids is 1. The highest BCUT2D eigenvalue weighted by Crippen LogP contribution is 2.21. The number of hydrogen-bond acceptors (Lipinski definition) is 3. The molecule has 1 N–H and O–H groups in total. The van der Waals surface area contributed by atoms with Gasteiger partial charge in [0.15, 0.2) is 5.69 Å². The molecule has 0 atom stereocenters. The van der Waals surface area contributed by atoms with E-state index in [1.807, 2.05) is 19.9 Å². The highest BCUT2D eigenvalue weighted by Gasteiger charge is 2.19. The van der Waals surface area contributed by atoms with Crippen molar-refractivity contribution in [1.29, 1.82) is 0 Å². The van der Waals surface area contributed by atoms with Crippen LogP contribution in [0.4, 0.5) is 0 Å². The molecule has 1 aromatic heterocycles. The maximum absolute atomic E-state index is 11.0. The summed E-state index contributed by atoms with van der Waals surface area (Å²) in [5.74, 6) is -1.07. The summed E-state index contributed by atoms with van der Waals surface area (Å²) in [5, 5.41) is 17.2. The Balaban J connectivity index is 2.64. The fourth-order valence-electron chi connectivity index (χ4n) is 1.79. The molecule has 0 unspecified atom stereocenters. The van der Waals surface area contributed by atoms with Crippen LogP contribution in [0.3, 0.4) is 0 Å². The van der Waals surface area contributed by atoms with E-state index in [0.717, 1.165) is 11.3 Å². The summed E-state index contributed by atoms with van der Waals surface area (Å²) in [5.41, 5.74) is 2.25. The molecule has 0 aliphatic carbocycles. The van der Waals surface area contributed by atoms with Crippen molar-refractivity contribution in [2.45, 2.75) is 20.3 Å². The lowest BCUT2D eigenvalue weighted by molar-refractivity contribution is 0.0689. The van der Waals surface area contributed by atoms with Gasteiger partial charge in [-0.2, -0.15) is 0 Å². The second-order valence-electron chi connectivity index (χ2n) is 3.89. The summed E-state index contributed by atoms with van der Waals surface area (Å²) < 4.78 is 1.53. The zero-order chi connectivity index (χ0) is 13.3. The molecule has 0 bridgehead atoms. The minimum atomic E-state index is -1.07. The molecular weight excluding hydrogens is 254 g/mol. The van der Waals surface area contributed by atoms with Gasteiger partial charge in [0.25, 0.3) is 0 Å². The van der Waals surface area contributed by atoms with Crippen LogP contribution in [-0.4, -0.2) is 26.1 Å². The highest BCUT2D eigenvalue weighted by molar-refractivity contribution is 6.30. The first-order valence-corrected chi connectivity index (χ1v) is 5.86. The number of aryl methyl sites for hydroxylation is 1. The molecule has 0 aliphatic rings. The first-order chi connectivity index (χ1) is 8.54. The molecule has 0 saturated carbocycles. The number of rotatable bonds is 3. The average molecular weight is 266 g/mol. The van der Waals surface area contributed by atoms with Gasteiger partial charge >= 0.3 is 5.97 Å². The van der Waals surface area contributed by atoms with E-state index in [9.17, 15) is 4.79 Å². The zero-order valence-electron chi connectivity index (χ0n) is 10.0. The Kier molecular flexibility index (Phi) is 3.34. The van der Waals surface area contributed by atoms with E-state index < -0.39 is 5.97 Å². The molecule has 0 spiro atoms. The van der Waals surface area contributed by atoms with Crippen LogP contribution in [0.2, 0.25) is 5.02 Å². The van der Waals surface area contributed by atoms with E-state index in [2.05, 4.69) is 10.3 Å². The molecule has 0 aliphatic heterocycles. The van der Waals surface area contributed by atoms with E-state index in [0.29, 0.717) is 17.1 Å². The Hall–Kier alpha value is -1.88. The molecule has 1 heterocycles. The van der Waals surface area contributed by atoms with Crippen LogP contribution in [0.25, 0.3) is 5.69 Å². The van der Waals surface area contributed by atoms with Crippen molar-refractivity contribution in [2.75, 3.05) is 0 Å². The van der Waals surface area contributed by atoms with Crippen molar-refractivity contribution >= 4 is 17.6 Å². The predicted octanol–water partition coefficient (Wildman–Crippen LogP) is 2.49. The second kappa shape index (κ2) is 4.78. The fourth-order valence-corrected chi connectivity index (χ4v) is 1.96.